The van der Waals surface area contributed by atoms with Gasteiger partial charge in [0.15, 0.2) is 0 Å². The van der Waals surface area contributed by atoms with Gasteiger partial charge < -0.3 is 5.73 Å². The van der Waals surface area contributed by atoms with Crippen molar-refractivity contribution in [1.82, 2.24) is 0 Å². The van der Waals surface area contributed by atoms with E-state index in [9.17, 15) is 0 Å². The first kappa shape index (κ1) is 12.3. The molecular formula is C10H11Br2NS. The molecule has 1 atom stereocenters. The average Bonchev–Trinajstić information content (AvgIpc) is 2.45. The van der Waals surface area contributed by atoms with Crippen LogP contribution in [-0.2, 0) is 0 Å². The van der Waals surface area contributed by atoms with Crippen LogP contribution >= 0.6 is 43.2 Å². The molecule has 0 fully saturated rings. The molecule has 0 bridgehead atoms. The fourth-order valence-electron chi connectivity index (χ4n) is 1.11. The van der Waals surface area contributed by atoms with Gasteiger partial charge in [-0.05, 0) is 56.8 Å². The lowest BCUT2D eigenvalue weighted by Crippen LogP contribution is -2.09. The van der Waals surface area contributed by atoms with Crippen LogP contribution in [0, 0.1) is 11.8 Å². The van der Waals surface area contributed by atoms with Crippen LogP contribution in [0.15, 0.2) is 13.6 Å². The molecule has 76 valence electrons. The molecule has 1 rings (SSSR count). The SMILES string of the molecule is CC#CCCC(N)c1cc(Br)sc1Br. The van der Waals surface area contributed by atoms with Crippen molar-refractivity contribution in [1.29, 1.82) is 0 Å². The average molecular weight is 337 g/mol. The maximum atomic E-state index is 6.04. The highest BCUT2D eigenvalue weighted by atomic mass is 79.9. The predicted octanol–water partition coefficient (Wildman–Crippen LogP) is 4.08. The highest BCUT2D eigenvalue weighted by Crippen LogP contribution is 2.35. The summed E-state index contributed by atoms with van der Waals surface area (Å²) in [7, 11) is 0. The summed E-state index contributed by atoms with van der Waals surface area (Å²) < 4.78 is 2.22. The molecule has 0 saturated heterocycles. The van der Waals surface area contributed by atoms with Crippen LogP contribution in [0.5, 0.6) is 0 Å². The van der Waals surface area contributed by atoms with E-state index in [4.69, 9.17) is 5.73 Å². The van der Waals surface area contributed by atoms with Gasteiger partial charge in [0.1, 0.15) is 0 Å². The van der Waals surface area contributed by atoms with Crippen LogP contribution in [0.1, 0.15) is 31.4 Å². The Labute approximate surface area is 105 Å². The van der Waals surface area contributed by atoms with E-state index in [2.05, 4.69) is 49.8 Å². The van der Waals surface area contributed by atoms with E-state index in [0.29, 0.717) is 0 Å². The Morgan fingerprint density at radius 1 is 1.57 bits per heavy atom. The molecule has 1 nitrogen and oxygen atoms in total. The predicted molar refractivity (Wildman–Crippen MR) is 69.3 cm³/mol. The topological polar surface area (TPSA) is 26.0 Å². The Kier molecular flexibility index (Phi) is 5.18. The summed E-state index contributed by atoms with van der Waals surface area (Å²) in [6.45, 7) is 1.85. The summed E-state index contributed by atoms with van der Waals surface area (Å²) in [5.74, 6) is 5.89. The van der Waals surface area contributed by atoms with Gasteiger partial charge in [0.05, 0.1) is 7.57 Å². The monoisotopic (exact) mass is 335 g/mol. The molecule has 4 heteroatoms. The first-order valence-electron chi connectivity index (χ1n) is 4.25. The molecule has 0 aliphatic rings. The van der Waals surface area contributed by atoms with Gasteiger partial charge in [-0.25, -0.2) is 0 Å². The lowest BCUT2D eigenvalue weighted by molar-refractivity contribution is 0.667. The fraction of sp³-hybridized carbons (Fsp3) is 0.400. The number of rotatable bonds is 3. The van der Waals surface area contributed by atoms with Crippen molar-refractivity contribution in [3.8, 4) is 11.8 Å². The fourth-order valence-corrected chi connectivity index (χ4v) is 4.11. The van der Waals surface area contributed by atoms with E-state index in [1.807, 2.05) is 6.92 Å². The lowest BCUT2D eigenvalue weighted by atomic mass is 10.1. The van der Waals surface area contributed by atoms with Gasteiger partial charge in [-0.3, -0.25) is 0 Å². The molecule has 0 saturated carbocycles. The molecule has 0 spiro atoms. The molecule has 0 aliphatic heterocycles. The van der Waals surface area contributed by atoms with Crippen molar-refractivity contribution in [3.63, 3.8) is 0 Å². The van der Waals surface area contributed by atoms with Crippen molar-refractivity contribution in [2.45, 2.75) is 25.8 Å². The van der Waals surface area contributed by atoms with Crippen molar-refractivity contribution in [3.05, 3.63) is 19.2 Å². The molecular weight excluding hydrogens is 326 g/mol. The smallest absolute Gasteiger partial charge is 0.0758 e. The number of nitrogens with two attached hydrogens (primary N) is 1. The molecule has 1 aromatic rings. The number of thiophene rings is 1. The largest absolute Gasteiger partial charge is 0.324 e. The molecule has 0 aromatic carbocycles. The van der Waals surface area contributed by atoms with Crippen LogP contribution in [0.2, 0.25) is 0 Å². The van der Waals surface area contributed by atoms with Gasteiger partial charge >= 0.3 is 0 Å². The van der Waals surface area contributed by atoms with Crippen molar-refractivity contribution >= 4 is 43.2 Å². The van der Waals surface area contributed by atoms with Crippen molar-refractivity contribution in [2.24, 2.45) is 5.73 Å². The van der Waals surface area contributed by atoms with Gasteiger partial charge in [-0.15, -0.1) is 23.2 Å². The molecule has 1 unspecified atom stereocenters. The minimum atomic E-state index is 0.0766. The summed E-state index contributed by atoms with van der Waals surface area (Å²) in [5, 5.41) is 0. The van der Waals surface area contributed by atoms with Crippen LogP contribution in [0.4, 0.5) is 0 Å². The Morgan fingerprint density at radius 2 is 2.29 bits per heavy atom. The highest BCUT2D eigenvalue weighted by Gasteiger charge is 2.12. The second kappa shape index (κ2) is 5.92. The third kappa shape index (κ3) is 3.39. The number of hydrogen-bond acceptors (Lipinski definition) is 2. The third-order valence-corrected chi connectivity index (χ3v) is 4.23. The second-order valence-corrected chi connectivity index (χ2v) is 6.60. The van der Waals surface area contributed by atoms with E-state index in [-0.39, 0.29) is 6.04 Å². The van der Waals surface area contributed by atoms with Gasteiger partial charge in [-0.1, -0.05) is 0 Å². The van der Waals surface area contributed by atoms with Gasteiger partial charge in [0, 0.05) is 12.5 Å². The molecule has 1 aromatic heterocycles. The maximum absolute atomic E-state index is 6.04. The highest BCUT2D eigenvalue weighted by molar-refractivity contribution is 9.12. The quantitative estimate of drug-likeness (QED) is 0.827. The minimum Gasteiger partial charge on any atom is -0.324 e. The zero-order chi connectivity index (χ0) is 10.6. The van der Waals surface area contributed by atoms with E-state index >= 15 is 0 Å². The van der Waals surface area contributed by atoms with Crippen LogP contribution in [0.25, 0.3) is 0 Å². The first-order valence-corrected chi connectivity index (χ1v) is 6.65. The van der Waals surface area contributed by atoms with Crippen LogP contribution in [-0.4, -0.2) is 0 Å². The van der Waals surface area contributed by atoms with Gasteiger partial charge in [-0.2, -0.15) is 0 Å². The number of halogens is 2. The molecule has 1 heterocycles. The van der Waals surface area contributed by atoms with Crippen molar-refractivity contribution < 1.29 is 0 Å². The Morgan fingerprint density at radius 3 is 2.79 bits per heavy atom. The van der Waals surface area contributed by atoms with E-state index in [1.165, 1.54) is 5.56 Å². The molecule has 2 N–H and O–H groups in total. The van der Waals surface area contributed by atoms with E-state index < -0.39 is 0 Å². The Bertz CT molecular complexity index is 362. The summed E-state index contributed by atoms with van der Waals surface area (Å²) in [6.07, 6.45) is 1.76. The van der Waals surface area contributed by atoms with E-state index in [0.717, 1.165) is 20.4 Å². The van der Waals surface area contributed by atoms with Crippen LogP contribution in [0.3, 0.4) is 0 Å². The van der Waals surface area contributed by atoms with Gasteiger partial charge in [0.25, 0.3) is 0 Å². The Balaban J connectivity index is 2.62. The zero-order valence-electron chi connectivity index (χ0n) is 7.81. The standard InChI is InChI=1S/C10H11Br2NS/c1-2-3-4-5-8(13)7-6-9(11)14-10(7)12/h6,8H,4-5,13H2,1H3. The van der Waals surface area contributed by atoms with Crippen LogP contribution < -0.4 is 5.73 Å². The molecule has 0 aliphatic carbocycles. The zero-order valence-corrected chi connectivity index (χ0v) is 11.8. The van der Waals surface area contributed by atoms with E-state index in [1.54, 1.807) is 11.3 Å². The Hall–Kier alpha value is 0.180. The third-order valence-electron chi connectivity index (χ3n) is 1.84. The molecule has 14 heavy (non-hydrogen) atoms. The molecule has 0 amide bonds. The second-order valence-electron chi connectivity index (χ2n) is 2.85. The maximum Gasteiger partial charge on any atom is 0.0758 e. The van der Waals surface area contributed by atoms with Crippen molar-refractivity contribution in [2.75, 3.05) is 0 Å². The number of hydrogen-bond donors (Lipinski definition) is 1. The lowest BCUT2D eigenvalue weighted by Gasteiger charge is -2.07. The van der Waals surface area contributed by atoms with Gasteiger partial charge in [0.2, 0.25) is 0 Å². The summed E-state index contributed by atoms with van der Waals surface area (Å²) in [6, 6.07) is 2.14. The summed E-state index contributed by atoms with van der Waals surface area (Å²) in [5.41, 5.74) is 7.20. The minimum absolute atomic E-state index is 0.0766. The summed E-state index contributed by atoms with van der Waals surface area (Å²) >= 11 is 8.59. The molecule has 0 radical (unpaired) electrons. The summed E-state index contributed by atoms with van der Waals surface area (Å²) in [4.78, 5) is 0. The first-order chi connectivity index (χ1) is 6.65. The normalized spacial score (nSPS) is 12.0.